The van der Waals surface area contributed by atoms with Crippen molar-refractivity contribution in [3.8, 4) is 22.3 Å². The molecule has 1 N–H and O–H groups in total. The molecule has 224 valence electrons. The lowest BCUT2D eigenvalue weighted by Gasteiger charge is -2.33. The molecule has 0 aromatic heterocycles. The second-order valence-corrected chi connectivity index (χ2v) is 12.9. The van der Waals surface area contributed by atoms with Gasteiger partial charge in [0.2, 0.25) is 0 Å². The molecule has 0 heterocycles. The zero-order chi connectivity index (χ0) is 31.7. The number of hydrogen-bond acceptors (Lipinski definition) is 1. The van der Waals surface area contributed by atoms with Crippen LogP contribution in [0.2, 0.25) is 0 Å². The number of para-hydroxylation sites is 1. The van der Waals surface area contributed by atoms with Crippen molar-refractivity contribution in [2.75, 3.05) is 5.32 Å². The molecule has 1 aliphatic carbocycles. The van der Waals surface area contributed by atoms with Crippen LogP contribution in [0.1, 0.15) is 22.3 Å². The molecule has 9 aromatic carbocycles. The minimum atomic E-state index is -0.396. The van der Waals surface area contributed by atoms with Crippen LogP contribution in [0.4, 0.5) is 11.4 Å². The van der Waals surface area contributed by atoms with Gasteiger partial charge in [-0.2, -0.15) is 0 Å². The highest BCUT2D eigenvalue weighted by Crippen LogP contribution is 2.56. The quantitative estimate of drug-likeness (QED) is 0.191. The average Bonchev–Trinajstić information content (AvgIpc) is 3.45. The first-order valence-corrected chi connectivity index (χ1v) is 16.7. The molecule has 0 unspecified atom stereocenters. The Balaban J connectivity index is 1.14. The number of fused-ring (bicyclic) bond motifs is 3. The van der Waals surface area contributed by atoms with Crippen LogP contribution in [0, 0.1) is 0 Å². The summed E-state index contributed by atoms with van der Waals surface area (Å²) in [6, 6.07) is 66.8. The number of anilines is 2. The fourth-order valence-corrected chi connectivity index (χ4v) is 8.48. The van der Waals surface area contributed by atoms with Crippen molar-refractivity contribution in [3.05, 3.63) is 204 Å². The molecule has 1 nitrogen and oxygen atoms in total. The first kappa shape index (κ1) is 27.0. The molecule has 1 aliphatic rings. The zero-order valence-electron chi connectivity index (χ0n) is 26.3. The fraction of sp³-hybridized carbons (Fsp3) is 0.0213. The molecule has 0 fully saturated rings. The van der Waals surface area contributed by atoms with Gasteiger partial charge in [-0.3, -0.25) is 0 Å². The van der Waals surface area contributed by atoms with Crippen molar-refractivity contribution in [2.45, 2.75) is 5.41 Å². The van der Waals surface area contributed by atoms with Crippen LogP contribution in [0.3, 0.4) is 0 Å². The molecule has 0 bridgehead atoms. The van der Waals surface area contributed by atoms with E-state index in [-0.39, 0.29) is 0 Å². The molecule has 0 spiro atoms. The van der Waals surface area contributed by atoms with Crippen LogP contribution in [0.15, 0.2) is 182 Å². The second-order valence-electron chi connectivity index (χ2n) is 12.9. The van der Waals surface area contributed by atoms with Crippen molar-refractivity contribution in [1.29, 1.82) is 0 Å². The maximum absolute atomic E-state index is 3.87. The molecule has 0 aliphatic heterocycles. The minimum absolute atomic E-state index is 0.396. The minimum Gasteiger partial charge on any atom is -0.355 e. The molecule has 0 saturated heterocycles. The first-order chi connectivity index (χ1) is 23.8. The highest BCUT2D eigenvalue weighted by atomic mass is 14.9. The third-order valence-corrected chi connectivity index (χ3v) is 10.5. The van der Waals surface area contributed by atoms with Gasteiger partial charge in [0.15, 0.2) is 0 Å². The van der Waals surface area contributed by atoms with Gasteiger partial charge < -0.3 is 5.32 Å². The summed E-state index contributed by atoms with van der Waals surface area (Å²) in [5.41, 5.74) is 11.9. The highest BCUT2D eigenvalue weighted by molar-refractivity contribution is 6.25. The summed E-state index contributed by atoms with van der Waals surface area (Å²) < 4.78 is 0. The van der Waals surface area contributed by atoms with Crippen LogP contribution in [0.25, 0.3) is 54.6 Å². The third-order valence-electron chi connectivity index (χ3n) is 10.5. The van der Waals surface area contributed by atoms with E-state index in [1.54, 1.807) is 0 Å². The van der Waals surface area contributed by atoms with Crippen molar-refractivity contribution >= 4 is 43.7 Å². The van der Waals surface area contributed by atoms with E-state index in [0.29, 0.717) is 0 Å². The Bertz CT molecular complexity index is 2580. The normalized spacial score (nSPS) is 13.2. The van der Waals surface area contributed by atoms with Crippen LogP contribution < -0.4 is 5.32 Å². The Morgan fingerprint density at radius 2 is 0.938 bits per heavy atom. The maximum atomic E-state index is 3.87. The predicted molar refractivity (Wildman–Crippen MR) is 203 cm³/mol. The molecule has 48 heavy (non-hydrogen) atoms. The molecule has 1 heteroatoms. The van der Waals surface area contributed by atoms with Crippen molar-refractivity contribution in [3.63, 3.8) is 0 Å². The van der Waals surface area contributed by atoms with Gasteiger partial charge in [0.05, 0.1) is 5.41 Å². The van der Waals surface area contributed by atoms with E-state index in [2.05, 4.69) is 187 Å². The lowest BCUT2D eigenvalue weighted by Crippen LogP contribution is -2.28. The molecular formula is C47H31N. The van der Waals surface area contributed by atoms with Crippen molar-refractivity contribution in [2.24, 2.45) is 0 Å². The molecule has 0 radical (unpaired) electrons. The number of benzene rings is 9. The van der Waals surface area contributed by atoms with Gasteiger partial charge in [0.25, 0.3) is 0 Å². The van der Waals surface area contributed by atoms with E-state index >= 15 is 0 Å². The average molecular weight is 610 g/mol. The summed E-state index contributed by atoms with van der Waals surface area (Å²) in [6.45, 7) is 0. The van der Waals surface area contributed by atoms with E-state index in [0.717, 1.165) is 11.4 Å². The largest absolute Gasteiger partial charge is 0.355 e. The van der Waals surface area contributed by atoms with Crippen LogP contribution in [-0.2, 0) is 5.41 Å². The smallest absolute Gasteiger partial charge is 0.0713 e. The van der Waals surface area contributed by atoms with Gasteiger partial charge >= 0.3 is 0 Å². The zero-order valence-corrected chi connectivity index (χ0v) is 26.3. The first-order valence-electron chi connectivity index (χ1n) is 16.7. The number of nitrogens with one attached hydrogen (secondary N) is 1. The van der Waals surface area contributed by atoms with Crippen LogP contribution in [0.5, 0.6) is 0 Å². The Labute approximate surface area is 280 Å². The second kappa shape index (κ2) is 10.4. The summed E-state index contributed by atoms with van der Waals surface area (Å²) in [6.07, 6.45) is 0. The topological polar surface area (TPSA) is 12.0 Å². The van der Waals surface area contributed by atoms with Crippen LogP contribution >= 0.6 is 0 Å². The van der Waals surface area contributed by atoms with Gasteiger partial charge in [-0.05, 0) is 89.5 Å². The van der Waals surface area contributed by atoms with E-state index < -0.39 is 5.41 Å². The Hall–Kier alpha value is -6.18. The van der Waals surface area contributed by atoms with Gasteiger partial charge in [-0.15, -0.1) is 0 Å². The summed E-state index contributed by atoms with van der Waals surface area (Å²) in [5.74, 6) is 0. The Morgan fingerprint density at radius 3 is 1.69 bits per heavy atom. The fourth-order valence-electron chi connectivity index (χ4n) is 8.48. The predicted octanol–water partition coefficient (Wildman–Crippen LogP) is 12.4. The Kier molecular flexibility index (Phi) is 5.86. The SMILES string of the molecule is c1ccc(C2(c3ccccc3)c3ccccc3-c3cc(Nc4ccccc4-c4ccc5ccc6cccc7ccc4c5c67)ccc32)cc1. The number of hydrogen-bond donors (Lipinski definition) is 1. The summed E-state index contributed by atoms with van der Waals surface area (Å²) in [5, 5.41) is 11.7. The molecule has 0 saturated carbocycles. The van der Waals surface area contributed by atoms with Gasteiger partial charge in [0, 0.05) is 16.9 Å². The van der Waals surface area contributed by atoms with Gasteiger partial charge in [-0.1, -0.05) is 164 Å². The van der Waals surface area contributed by atoms with Gasteiger partial charge in [0.1, 0.15) is 0 Å². The lowest BCUT2D eigenvalue weighted by atomic mass is 9.68. The third kappa shape index (κ3) is 3.79. The highest BCUT2D eigenvalue weighted by Gasteiger charge is 2.45. The molecule has 0 amide bonds. The van der Waals surface area contributed by atoms with Crippen molar-refractivity contribution in [1.82, 2.24) is 0 Å². The standard InChI is InChI=1S/C47H31N/c1-3-14-34(15-4-1)47(35-16-5-2-6-17-35)42-20-9-7-18-38(42)41-30-36(26-29-43(41)47)48-44-21-10-8-19-39(44)37-27-24-33-23-22-31-12-11-13-32-25-28-40(37)46(33)45(31)32/h1-30,48H. The number of rotatable bonds is 5. The van der Waals surface area contributed by atoms with E-state index in [1.807, 2.05) is 0 Å². The summed E-state index contributed by atoms with van der Waals surface area (Å²) in [7, 11) is 0. The monoisotopic (exact) mass is 609 g/mol. The summed E-state index contributed by atoms with van der Waals surface area (Å²) >= 11 is 0. The van der Waals surface area contributed by atoms with E-state index in [4.69, 9.17) is 0 Å². The maximum Gasteiger partial charge on any atom is 0.0713 e. The molecular weight excluding hydrogens is 579 g/mol. The van der Waals surface area contributed by atoms with E-state index in [9.17, 15) is 0 Å². The van der Waals surface area contributed by atoms with Crippen LogP contribution in [-0.4, -0.2) is 0 Å². The van der Waals surface area contributed by atoms with Gasteiger partial charge in [-0.25, -0.2) is 0 Å². The van der Waals surface area contributed by atoms with E-state index in [1.165, 1.54) is 76.8 Å². The Morgan fingerprint density at radius 1 is 0.354 bits per heavy atom. The molecule has 9 aromatic rings. The lowest BCUT2D eigenvalue weighted by molar-refractivity contribution is 0.768. The molecule has 10 rings (SSSR count). The summed E-state index contributed by atoms with van der Waals surface area (Å²) in [4.78, 5) is 0. The molecule has 0 atom stereocenters. The van der Waals surface area contributed by atoms with Crippen molar-refractivity contribution < 1.29 is 0 Å².